The molecule has 1 aliphatic heterocycles. The molecule has 1 saturated heterocycles. The molecule has 1 aliphatic carbocycles. The molecule has 4 heteroatoms. The minimum atomic E-state index is 0.0615. The molecule has 1 heterocycles. The molecule has 1 amide bonds. The molecule has 0 aromatic rings. The van der Waals surface area contributed by atoms with E-state index in [2.05, 4.69) is 12.2 Å². The molecule has 2 rings (SSSR count). The number of rotatable bonds is 4. The van der Waals surface area contributed by atoms with Gasteiger partial charge in [0, 0.05) is 18.5 Å². The van der Waals surface area contributed by atoms with Gasteiger partial charge in [0.2, 0.25) is 5.91 Å². The number of halogens is 1. The van der Waals surface area contributed by atoms with E-state index in [0.29, 0.717) is 12.0 Å². The summed E-state index contributed by atoms with van der Waals surface area (Å²) in [7, 11) is 0. The van der Waals surface area contributed by atoms with Crippen molar-refractivity contribution in [3.05, 3.63) is 0 Å². The topological polar surface area (TPSA) is 38.3 Å². The summed E-state index contributed by atoms with van der Waals surface area (Å²) in [4.78, 5) is 12.3. The Morgan fingerprint density at radius 3 is 2.94 bits per heavy atom. The average Bonchev–Trinajstić information content (AvgIpc) is 2.87. The van der Waals surface area contributed by atoms with Crippen molar-refractivity contribution in [3.8, 4) is 0 Å². The fourth-order valence-electron chi connectivity index (χ4n) is 3.22. The van der Waals surface area contributed by atoms with Crippen LogP contribution in [0.5, 0.6) is 0 Å². The summed E-state index contributed by atoms with van der Waals surface area (Å²) in [5.74, 6) is 1.55. The second kappa shape index (κ2) is 6.76. The first-order valence-electron chi connectivity index (χ1n) is 7.22. The second-order valence-corrected chi connectivity index (χ2v) is 5.91. The Labute approximate surface area is 115 Å². The van der Waals surface area contributed by atoms with Crippen LogP contribution in [0.4, 0.5) is 0 Å². The Morgan fingerprint density at radius 1 is 1.39 bits per heavy atom. The Morgan fingerprint density at radius 2 is 2.22 bits per heavy atom. The van der Waals surface area contributed by atoms with Crippen LogP contribution in [0.2, 0.25) is 0 Å². The highest BCUT2D eigenvalue weighted by Gasteiger charge is 2.34. The largest absolute Gasteiger partial charge is 0.377 e. The molecular weight excluding hydrogens is 250 g/mol. The van der Waals surface area contributed by atoms with Gasteiger partial charge >= 0.3 is 0 Å². The molecule has 0 radical (unpaired) electrons. The highest BCUT2D eigenvalue weighted by atomic mass is 35.5. The fourth-order valence-corrected chi connectivity index (χ4v) is 3.50. The first kappa shape index (κ1) is 14.1. The van der Waals surface area contributed by atoms with Crippen molar-refractivity contribution in [3.63, 3.8) is 0 Å². The lowest BCUT2D eigenvalue weighted by molar-refractivity contribution is -0.127. The van der Waals surface area contributed by atoms with Crippen LogP contribution in [0.25, 0.3) is 0 Å². The summed E-state index contributed by atoms with van der Waals surface area (Å²) in [5, 5.41) is 3.21. The highest BCUT2D eigenvalue weighted by molar-refractivity contribution is 6.18. The lowest BCUT2D eigenvalue weighted by Crippen LogP contribution is -2.43. The molecule has 4 unspecified atom stereocenters. The van der Waals surface area contributed by atoms with E-state index in [1.807, 2.05) is 0 Å². The maximum atomic E-state index is 12.3. The summed E-state index contributed by atoms with van der Waals surface area (Å²) in [6, 6.07) is 0.327. The van der Waals surface area contributed by atoms with Crippen LogP contribution in [-0.2, 0) is 9.53 Å². The summed E-state index contributed by atoms with van der Waals surface area (Å²) in [6.45, 7) is 2.81. The molecule has 0 bridgehead atoms. The quantitative estimate of drug-likeness (QED) is 0.800. The molecule has 0 aromatic heterocycles. The third kappa shape index (κ3) is 3.39. The van der Waals surface area contributed by atoms with Gasteiger partial charge in [0.1, 0.15) is 0 Å². The van der Waals surface area contributed by atoms with Crippen molar-refractivity contribution in [1.29, 1.82) is 0 Å². The zero-order chi connectivity index (χ0) is 13.0. The number of nitrogens with one attached hydrogen (secondary N) is 1. The lowest BCUT2D eigenvalue weighted by atomic mass is 9.86. The Bertz CT molecular complexity index is 285. The van der Waals surface area contributed by atoms with E-state index < -0.39 is 0 Å². The third-order valence-electron chi connectivity index (χ3n) is 4.30. The maximum Gasteiger partial charge on any atom is 0.226 e. The number of hydrogen-bond acceptors (Lipinski definition) is 2. The van der Waals surface area contributed by atoms with Gasteiger partial charge in [-0.2, -0.15) is 0 Å². The molecule has 3 nitrogen and oxygen atoms in total. The van der Waals surface area contributed by atoms with E-state index >= 15 is 0 Å². The number of carbonyl (C=O) groups excluding carboxylic acids is 1. The molecular formula is C14H24ClNO2. The highest BCUT2D eigenvalue weighted by Crippen LogP contribution is 2.27. The van der Waals surface area contributed by atoms with Crippen LogP contribution >= 0.6 is 11.6 Å². The molecule has 2 aliphatic rings. The van der Waals surface area contributed by atoms with Crippen molar-refractivity contribution >= 4 is 17.5 Å². The summed E-state index contributed by atoms with van der Waals surface area (Å²) in [5.41, 5.74) is 0. The van der Waals surface area contributed by atoms with Gasteiger partial charge in [-0.1, -0.05) is 13.3 Å². The lowest BCUT2D eigenvalue weighted by Gasteiger charge is -2.30. The third-order valence-corrected chi connectivity index (χ3v) is 4.73. The van der Waals surface area contributed by atoms with Crippen molar-refractivity contribution in [2.45, 2.75) is 57.6 Å². The average molecular weight is 274 g/mol. The van der Waals surface area contributed by atoms with Crippen LogP contribution in [0.3, 0.4) is 0 Å². The van der Waals surface area contributed by atoms with Gasteiger partial charge < -0.3 is 10.1 Å². The van der Waals surface area contributed by atoms with Crippen molar-refractivity contribution in [2.75, 3.05) is 12.5 Å². The van der Waals surface area contributed by atoms with E-state index in [9.17, 15) is 4.79 Å². The van der Waals surface area contributed by atoms with E-state index in [1.165, 1.54) is 12.8 Å². The molecule has 4 atom stereocenters. The summed E-state index contributed by atoms with van der Waals surface area (Å²) < 4.78 is 5.59. The summed E-state index contributed by atoms with van der Waals surface area (Å²) in [6.07, 6.45) is 6.45. The van der Waals surface area contributed by atoms with Gasteiger partial charge in [-0.15, -0.1) is 11.6 Å². The standard InChI is InChI=1S/C14H24ClNO2/c1-2-13-12(6-7-18-13)14(17)16-11-5-3-4-10(8-11)9-15/h10-13H,2-9H2,1H3,(H,16,17). The first-order chi connectivity index (χ1) is 8.74. The normalized spacial score (nSPS) is 36.6. The molecule has 0 spiro atoms. The maximum absolute atomic E-state index is 12.3. The fraction of sp³-hybridized carbons (Fsp3) is 0.929. The van der Waals surface area contributed by atoms with Gasteiger partial charge in [-0.3, -0.25) is 4.79 Å². The van der Waals surface area contributed by atoms with Crippen LogP contribution in [0, 0.1) is 11.8 Å². The van der Waals surface area contributed by atoms with E-state index in [1.54, 1.807) is 0 Å². The zero-order valence-corrected chi connectivity index (χ0v) is 11.9. The number of carbonyl (C=O) groups is 1. The van der Waals surface area contributed by atoms with Gasteiger partial charge in [0.15, 0.2) is 0 Å². The van der Waals surface area contributed by atoms with Gasteiger partial charge in [-0.05, 0) is 38.0 Å². The molecule has 1 N–H and O–H groups in total. The molecule has 1 saturated carbocycles. The number of amides is 1. The smallest absolute Gasteiger partial charge is 0.226 e. The van der Waals surface area contributed by atoms with Crippen LogP contribution < -0.4 is 5.32 Å². The Balaban J connectivity index is 1.83. The van der Waals surface area contributed by atoms with Crippen molar-refractivity contribution < 1.29 is 9.53 Å². The predicted molar refractivity (Wildman–Crippen MR) is 72.7 cm³/mol. The first-order valence-corrected chi connectivity index (χ1v) is 7.76. The second-order valence-electron chi connectivity index (χ2n) is 5.61. The van der Waals surface area contributed by atoms with Crippen molar-refractivity contribution in [2.24, 2.45) is 11.8 Å². The van der Waals surface area contributed by atoms with E-state index in [-0.39, 0.29) is 17.9 Å². The van der Waals surface area contributed by atoms with Crippen molar-refractivity contribution in [1.82, 2.24) is 5.32 Å². The molecule has 2 fully saturated rings. The van der Waals surface area contributed by atoms with E-state index in [4.69, 9.17) is 16.3 Å². The minimum absolute atomic E-state index is 0.0615. The zero-order valence-electron chi connectivity index (χ0n) is 11.2. The van der Waals surface area contributed by atoms with E-state index in [0.717, 1.165) is 38.2 Å². The monoisotopic (exact) mass is 273 g/mol. The molecule has 18 heavy (non-hydrogen) atoms. The SMILES string of the molecule is CCC1OCCC1C(=O)NC1CCCC(CCl)C1. The predicted octanol–water partition coefficient (Wildman–Crippen LogP) is 2.72. The van der Waals surface area contributed by atoms with Crippen LogP contribution in [-0.4, -0.2) is 30.5 Å². The number of alkyl halides is 1. The minimum Gasteiger partial charge on any atom is -0.377 e. The van der Waals surface area contributed by atoms with Gasteiger partial charge in [0.25, 0.3) is 0 Å². The van der Waals surface area contributed by atoms with Gasteiger partial charge in [-0.25, -0.2) is 0 Å². The number of hydrogen-bond donors (Lipinski definition) is 1. The Kier molecular flexibility index (Phi) is 5.31. The summed E-state index contributed by atoms with van der Waals surface area (Å²) >= 11 is 5.92. The Hall–Kier alpha value is -0.280. The molecule has 0 aromatic carbocycles. The van der Waals surface area contributed by atoms with Crippen LogP contribution in [0.15, 0.2) is 0 Å². The van der Waals surface area contributed by atoms with Gasteiger partial charge in [0.05, 0.1) is 12.0 Å². The number of ether oxygens (including phenoxy) is 1. The molecule has 104 valence electrons. The van der Waals surface area contributed by atoms with Crippen LogP contribution in [0.1, 0.15) is 45.4 Å².